The Bertz CT molecular complexity index is 1380. The Morgan fingerprint density at radius 1 is 1.09 bits per heavy atom. The lowest BCUT2D eigenvalue weighted by atomic mass is 9.93. The van der Waals surface area contributed by atoms with Gasteiger partial charge in [0.25, 0.3) is 11.8 Å². The second-order valence-corrected chi connectivity index (χ2v) is 7.70. The van der Waals surface area contributed by atoms with Crippen LogP contribution in [0.4, 0.5) is 4.39 Å². The van der Waals surface area contributed by atoms with Gasteiger partial charge < -0.3 is 0 Å². The van der Waals surface area contributed by atoms with Gasteiger partial charge in [0.15, 0.2) is 0 Å². The van der Waals surface area contributed by atoms with E-state index in [9.17, 15) is 19.2 Å². The van der Waals surface area contributed by atoms with Gasteiger partial charge >= 0.3 is 0 Å². The number of amides is 2. The Kier molecular flexibility index (Phi) is 5.76. The van der Waals surface area contributed by atoms with E-state index in [-0.39, 0.29) is 23.5 Å². The molecule has 0 radical (unpaired) electrons. The number of carbonyl (C=O) groups excluding carboxylic acids is 2. The van der Waals surface area contributed by atoms with Gasteiger partial charge in [0.1, 0.15) is 23.2 Å². The minimum absolute atomic E-state index is 0.0684. The maximum Gasteiger partial charge on any atom is 0.271 e. The minimum atomic E-state index is -0.597. The van der Waals surface area contributed by atoms with Crippen molar-refractivity contribution < 1.29 is 14.0 Å². The molecule has 33 heavy (non-hydrogen) atoms. The van der Waals surface area contributed by atoms with Crippen LogP contribution in [0.1, 0.15) is 25.0 Å². The number of halogens is 1. The number of aryl methyl sites for hydroxylation is 1. The molecule has 3 aromatic rings. The van der Waals surface area contributed by atoms with Crippen molar-refractivity contribution in [3.05, 3.63) is 88.4 Å². The summed E-state index contributed by atoms with van der Waals surface area (Å²) in [5.41, 5.74) is 3.37. The summed E-state index contributed by atoms with van der Waals surface area (Å²) in [6.07, 6.45) is 3.36. The third-order valence-electron chi connectivity index (χ3n) is 5.65. The summed E-state index contributed by atoms with van der Waals surface area (Å²) in [6.45, 7) is 5.09. The number of para-hydroxylation sites is 1. The number of hydrogen-bond donors (Lipinski definition) is 0. The maximum atomic E-state index is 14.4. The van der Waals surface area contributed by atoms with Crippen molar-refractivity contribution in [2.45, 2.75) is 20.8 Å². The van der Waals surface area contributed by atoms with Gasteiger partial charge in [0, 0.05) is 29.4 Å². The molecule has 0 bridgehead atoms. The third-order valence-corrected chi connectivity index (χ3v) is 5.65. The molecule has 0 N–H and O–H groups in total. The number of imide groups is 1. The standard InChI is InChI=1S/C26H21FN4O2/c1-4-30-25(32)21(17(3)22(14-28)26(30)33)12-19-15-31(20-8-6-5-7-9-20)29-24(19)18-11-10-16(2)23(27)13-18/h5-13,15H,4H2,1-3H3. The fourth-order valence-electron chi connectivity index (χ4n) is 3.74. The summed E-state index contributed by atoms with van der Waals surface area (Å²) in [7, 11) is 0. The van der Waals surface area contributed by atoms with Crippen LogP contribution in [0.2, 0.25) is 0 Å². The van der Waals surface area contributed by atoms with Gasteiger partial charge in [-0.2, -0.15) is 10.4 Å². The smallest absolute Gasteiger partial charge is 0.271 e. The molecular weight excluding hydrogens is 419 g/mol. The van der Waals surface area contributed by atoms with Gasteiger partial charge in [-0.15, -0.1) is 0 Å². The van der Waals surface area contributed by atoms with Gasteiger partial charge in [0.2, 0.25) is 0 Å². The van der Waals surface area contributed by atoms with Gasteiger partial charge in [0.05, 0.1) is 5.69 Å². The number of hydrogen-bond acceptors (Lipinski definition) is 4. The van der Waals surface area contributed by atoms with E-state index in [0.717, 1.165) is 10.6 Å². The average Bonchev–Trinajstić information content (AvgIpc) is 3.24. The normalized spacial score (nSPS) is 15.4. The number of carbonyl (C=O) groups is 2. The van der Waals surface area contributed by atoms with Crippen LogP contribution < -0.4 is 0 Å². The van der Waals surface area contributed by atoms with Crippen LogP contribution in [0.15, 0.2) is 71.4 Å². The lowest BCUT2D eigenvalue weighted by Gasteiger charge is -2.26. The van der Waals surface area contributed by atoms with Crippen molar-refractivity contribution in [1.29, 1.82) is 5.26 Å². The fourth-order valence-corrected chi connectivity index (χ4v) is 3.74. The number of likely N-dealkylation sites (N-methyl/N-ethyl adjacent to an activating group) is 1. The number of aromatic nitrogens is 2. The highest BCUT2D eigenvalue weighted by Gasteiger charge is 2.34. The van der Waals surface area contributed by atoms with E-state index in [4.69, 9.17) is 0 Å². The predicted octanol–water partition coefficient (Wildman–Crippen LogP) is 4.60. The van der Waals surface area contributed by atoms with E-state index in [1.54, 1.807) is 49.9 Å². The van der Waals surface area contributed by atoms with Crippen LogP contribution in [0, 0.1) is 24.1 Å². The number of nitriles is 1. The predicted molar refractivity (Wildman–Crippen MR) is 122 cm³/mol. The molecular formula is C26H21FN4O2. The summed E-state index contributed by atoms with van der Waals surface area (Å²) in [4.78, 5) is 26.6. The number of benzene rings is 2. The summed E-state index contributed by atoms with van der Waals surface area (Å²) in [6, 6.07) is 16.2. The van der Waals surface area contributed by atoms with Crippen LogP contribution >= 0.6 is 0 Å². The van der Waals surface area contributed by atoms with Crippen molar-refractivity contribution >= 4 is 17.9 Å². The number of nitrogens with zero attached hydrogens (tertiary/aromatic N) is 4. The quantitative estimate of drug-likeness (QED) is 0.439. The zero-order valence-electron chi connectivity index (χ0n) is 18.5. The molecule has 2 aromatic carbocycles. The molecule has 0 saturated heterocycles. The zero-order valence-corrected chi connectivity index (χ0v) is 18.5. The van der Waals surface area contributed by atoms with E-state index in [1.165, 1.54) is 6.07 Å². The molecule has 1 aliphatic rings. The first-order chi connectivity index (χ1) is 15.8. The van der Waals surface area contributed by atoms with E-state index >= 15 is 0 Å². The molecule has 0 aliphatic carbocycles. The SMILES string of the molecule is CCN1C(=O)C(=Cc2cn(-c3ccccc3)nc2-c2ccc(C)c(F)c2)C(C)=C(C#N)C1=O. The van der Waals surface area contributed by atoms with Crippen LogP contribution in [-0.2, 0) is 9.59 Å². The van der Waals surface area contributed by atoms with Gasteiger partial charge in [-0.1, -0.05) is 30.3 Å². The molecule has 4 rings (SSSR count). The van der Waals surface area contributed by atoms with E-state index in [1.807, 2.05) is 36.4 Å². The Hall–Kier alpha value is -4.31. The molecule has 0 fully saturated rings. The summed E-state index contributed by atoms with van der Waals surface area (Å²) < 4.78 is 16.0. The second-order valence-electron chi connectivity index (χ2n) is 7.70. The maximum absolute atomic E-state index is 14.4. The molecule has 0 unspecified atom stereocenters. The first kappa shape index (κ1) is 21.9. The van der Waals surface area contributed by atoms with Crippen molar-refractivity contribution in [3.8, 4) is 23.0 Å². The second kappa shape index (κ2) is 8.67. The number of rotatable bonds is 4. The molecule has 1 aromatic heterocycles. The summed E-state index contributed by atoms with van der Waals surface area (Å²) in [5.74, 6) is -1.44. The third kappa shape index (κ3) is 3.87. The molecule has 2 heterocycles. The van der Waals surface area contributed by atoms with Crippen molar-refractivity contribution in [1.82, 2.24) is 14.7 Å². The Labute approximate surface area is 190 Å². The highest BCUT2D eigenvalue weighted by atomic mass is 19.1. The fraction of sp³-hybridized carbons (Fsp3) is 0.154. The zero-order chi connectivity index (χ0) is 23.7. The lowest BCUT2D eigenvalue weighted by molar-refractivity contribution is -0.140. The van der Waals surface area contributed by atoms with Crippen molar-refractivity contribution in [2.75, 3.05) is 6.54 Å². The van der Waals surface area contributed by atoms with Crippen LogP contribution in [0.3, 0.4) is 0 Å². The molecule has 1 aliphatic heterocycles. The molecule has 0 atom stereocenters. The Morgan fingerprint density at radius 3 is 2.45 bits per heavy atom. The Balaban J connectivity index is 1.95. The highest BCUT2D eigenvalue weighted by molar-refractivity contribution is 6.19. The molecule has 164 valence electrons. The van der Waals surface area contributed by atoms with Crippen LogP contribution in [0.5, 0.6) is 0 Å². The Morgan fingerprint density at radius 2 is 1.82 bits per heavy atom. The topological polar surface area (TPSA) is 79.0 Å². The monoisotopic (exact) mass is 440 g/mol. The molecule has 7 heteroatoms. The van der Waals surface area contributed by atoms with Crippen LogP contribution in [-0.4, -0.2) is 33.0 Å². The van der Waals surface area contributed by atoms with E-state index < -0.39 is 11.8 Å². The van der Waals surface area contributed by atoms with Gasteiger partial charge in [-0.25, -0.2) is 9.07 Å². The van der Waals surface area contributed by atoms with E-state index in [0.29, 0.717) is 28.0 Å². The highest BCUT2D eigenvalue weighted by Crippen LogP contribution is 2.31. The molecule has 0 saturated carbocycles. The average molecular weight is 440 g/mol. The van der Waals surface area contributed by atoms with Crippen molar-refractivity contribution in [3.63, 3.8) is 0 Å². The van der Waals surface area contributed by atoms with E-state index in [2.05, 4.69) is 5.10 Å². The summed E-state index contributed by atoms with van der Waals surface area (Å²) >= 11 is 0. The largest absolute Gasteiger partial charge is 0.274 e. The molecule has 2 amide bonds. The first-order valence-electron chi connectivity index (χ1n) is 10.5. The lowest BCUT2D eigenvalue weighted by Crippen LogP contribution is -2.42. The molecule has 6 nitrogen and oxygen atoms in total. The van der Waals surface area contributed by atoms with Crippen LogP contribution in [0.25, 0.3) is 23.0 Å². The minimum Gasteiger partial charge on any atom is -0.274 e. The van der Waals surface area contributed by atoms with Gasteiger partial charge in [-0.05, 0) is 56.2 Å². The van der Waals surface area contributed by atoms with Gasteiger partial charge in [-0.3, -0.25) is 14.5 Å². The summed E-state index contributed by atoms with van der Waals surface area (Å²) in [5, 5.41) is 14.2. The molecule has 0 spiro atoms. The first-order valence-corrected chi connectivity index (χ1v) is 10.5. The van der Waals surface area contributed by atoms with Crippen molar-refractivity contribution in [2.24, 2.45) is 0 Å².